The predicted octanol–water partition coefficient (Wildman–Crippen LogP) is 3.96. The topological polar surface area (TPSA) is 67.9 Å². The van der Waals surface area contributed by atoms with Crippen molar-refractivity contribution in [3.63, 3.8) is 0 Å². The standard InChI is InChI=1S/C24H28N2O4/c1-5-13-29-21-12-11-19(16-22(21)30-14-6-2)24(28)26(4)17-23(27)25-20-10-8-9-18(7-3)15-20/h3,8-12,15-16H,5-6,13-14,17H2,1-2,4H3,(H,25,27). The number of benzene rings is 2. The molecule has 6 heteroatoms. The molecule has 0 saturated carbocycles. The quantitative estimate of drug-likeness (QED) is 0.605. The van der Waals surface area contributed by atoms with Gasteiger partial charge in [0, 0.05) is 23.9 Å². The Morgan fingerprint density at radius 1 is 1.03 bits per heavy atom. The van der Waals surface area contributed by atoms with Gasteiger partial charge in [-0.2, -0.15) is 0 Å². The van der Waals surface area contributed by atoms with E-state index >= 15 is 0 Å². The van der Waals surface area contributed by atoms with Gasteiger partial charge in [-0.1, -0.05) is 25.8 Å². The Balaban J connectivity index is 2.06. The van der Waals surface area contributed by atoms with Crippen molar-refractivity contribution in [2.75, 3.05) is 32.1 Å². The van der Waals surface area contributed by atoms with E-state index in [0.29, 0.717) is 41.5 Å². The van der Waals surface area contributed by atoms with Crippen LogP contribution in [-0.2, 0) is 4.79 Å². The average Bonchev–Trinajstić information content (AvgIpc) is 2.75. The van der Waals surface area contributed by atoms with Crippen LogP contribution < -0.4 is 14.8 Å². The molecule has 0 spiro atoms. The number of rotatable bonds is 10. The van der Waals surface area contributed by atoms with Crippen LogP contribution in [0.5, 0.6) is 11.5 Å². The molecule has 2 aromatic carbocycles. The number of hydrogen-bond donors (Lipinski definition) is 1. The molecule has 2 amide bonds. The SMILES string of the molecule is C#Cc1cccc(NC(=O)CN(C)C(=O)c2ccc(OCCC)c(OCCC)c2)c1. The van der Waals surface area contributed by atoms with E-state index in [9.17, 15) is 9.59 Å². The highest BCUT2D eigenvalue weighted by molar-refractivity contribution is 5.99. The van der Waals surface area contributed by atoms with Gasteiger partial charge in [0.15, 0.2) is 11.5 Å². The van der Waals surface area contributed by atoms with Crippen LogP contribution in [-0.4, -0.2) is 43.5 Å². The summed E-state index contributed by atoms with van der Waals surface area (Å²) < 4.78 is 11.4. The molecule has 2 aromatic rings. The van der Waals surface area contributed by atoms with Crippen molar-refractivity contribution in [3.05, 3.63) is 53.6 Å². The minimum Gasteiger partial charge on any atom is -0.490 e. The molecule has 0 aliphatic heterocycles. The molecule has 0 bridgehead atoms. The number of carbonyl (C=O) groups excluding carboxylic acids is 2. The number of terminal acetylenes is 1. The van der Waals surface area contributed by atoms with Crippen molar-refractivity contribution in [2.24, 2.45) is 0 Å². The van der Waals surface area contributed by atoms with Crippen LogP contribution in [0, 0.1) is 12.3 Å². The second kappa shape index (κ2) is 11.5. The van der Waals surface area contributed by atoms with Crippen molar-refractivity contribution >= 4 is 17.5 Å². The molecule has 0 saturated heterocycles. The smallest absolute Gasteiger partial charge is 0.254 e. The van der Waals surface area contributed by atoms with Gasteiger partial charge in [-0.25, -0.2) is 0 Å². The molecule has 0 unspecified atom stereocenters. The van der Waals surface area contributed by atoms with Gasteiger partial charge < -0.3 is 19.7 Å². The first kappa shape index (κ1) is 22.8. The van der Waals surface area contributed by atoms with E-state index in [1.165, 1.54) is 4.90 Å². The second-order valence-electron chi connectivity index (χ2n) is 6.79. The Labute approximate surface area is 178 Å². The van der Waals surface area contributed by atoms with Crippen LogP contribution in [0.3, 0.4) is 0 Å². The lowest BCUT2D eigenvalue weighted by Crippen LogP contribution is -2.35. The fraction of sp³-hybridized carbons (Fsp3) is 0.333. The number of nitrogens with zero attached hydrogens (tertiary/aromatic N) is 1. The zero-order chi connectivity index (χ0) is 21.9. The Morgan fingerprint density at radius 2 is 1.73 bits per heavy atom. The maximum Gasteiger partial charge on any atom is 0.254 e. The molecular formula is C24H28N2O4. The molecule has 0 radical (unpaired) electrons. The third kappa shape index (κ3) is 6.56. The van der Waals surface area contributed by atoms with Gasteiger partial charge in [0.2, 0.25) is 5.91 Å². The van der Waals surface area contributed by atoms with Crippen molar-refractivity contribution in [3.8, 4) is 23.8 Å². The zero-order valence-electron chi connectivity index (χ0n) is 17.7. The van der Waals surface area contributed by atoms with E-state index in [0.717, 1.165) is 12.8 Å². The summed E-state index contributed by atoms with van der Waals surface area (Å²) in [5.74, 6) is 3.05. The van der Waals surface area contributed by atoms with Gasteiger partial charge >= 0.3 is 0 Å². The van der Waals surface area contributed by atoms with E-state index in [1.54, 1.807) is 49.5 Å². The van der Waals surface area contributed by atoms with Gasteiger partial charge in [-0.3, -0.25) is 9.59 Å². The van der Waals surface area contributed by atoms with Crippen LogP contribution in [0.25, 0.3) is 0 Å². The van der Waals surface area contributed by atoms with Gasteiger partial charge in [0.1, 0.15) is 0 Å². The first-order chi connectivity index (χ1) is 14.5. The van der Waals surface area contributed by atoms with Crippen LogP contribution in [0.2, 0.25) is 0 Å². The van der Waals surface area contributed by atoms with Gasteiger partial charge in [0.05, 0.1) is 19.8 Å². The molecule has 158 valence electrons. The third-order valence-corrected chi connectivity index (χ3v) is 4.15. The number of hydrogen-bond acceptors (Lipinski definition) is 4. The van der Waals surface area contributed by atoms with Crippen LogP contribution in [0.15, 0.2) is 42.5 Å². The lowest BCUT2D eigenvalue weighted by Gasteiger charge is -2.18. The fourth-order valence-electron chi connectivity index (χ4n) is 2.69. The highest BCUT2D eigenvalue weighted by atomic mass is 16.5. The Hall–Kier alpha value is -3.46. The summed E-state index contributed by atoms with van der Waals surface area (Å²) in [6.45, 7) is 5.02. The van der Waals surface area contributed by atoms with E-state index in [2.05, 4.69) is 11.2 Å². The molecule has 0 heterocycles. The van der Waals surface area contributed by atoms with Gasteiger partial charge in [0.25, 0.3) is 5.91 Å². The highest BCUT2D eigenvalue weighted by Crippen LogP contribution is 2.29. The lowest BCUT2D eigenvalue weighted by atomic mass is 10.1. The van der Waals surface area contributed by atoms with E-state index in [-0.39, 0.29) is 18.4 Å². The zero-order valence-corrected chi connectivity index (χ0v) is 17.7. The first-order valence-electron chi connectivity index (χ1n) is 10.00. The average molecular weight is 408 g/mol. The normalized spacial score (nSPS) is 10.1. The summed E-state index contributed by atoms with van der Waals surface area (Å²) in [5.41, 5.74) is 1.68. The maximum absolute atomic E-state index is 12.8. The van der Waals surface area contributed by atoms with Crippen molar-refractivity contribution in [1.82, 2.24) is 4.90 Å². The third-order valence-electron chi connectivity index (χ3n) is 4.15. The molecular weight excluding hydrogens is 380 g/mol. The molecule has 2 rings (SSSR count). The maximum atomic E-state index is 12.8. The predicted molar refractivity (Wildman–Crippen MR) is 118 cm³/mol. The van der Waals surface area contributed by atoms with Gasteiger partial charge in [-0.05, 0) is 49.2 Å². The van der Waals surface area contributed by atoms with E-state index < -0.39 is 0 Å². The molecule has 6 nitrogen and oxygen atoms in total. The summed E-state index contributed by atoms with van der Waals surface area (Å²) in [5, 5.41) is 2.75. The number of likely N-dealkylation sites (N-methyl/N-ethyl adjacent to an activating group) is 1. The molecule has 1 N–H and O–H groups in total. The minimum atomic E-state index is -0.314. The fourth-order valence-corrected chi connectivity index (χ4v) is 2.69. The number of anilines is 1. The van der Waals surface area contributed by atoms with Gasteiger partial charge in [-0.15, -0.1) is 6.42 Å². The largest absolute Gasteiger partial charge is 0.490 e. The van der Waals surface area contributed by atoms with Crippen molar-refractivity contribution in [2.45, 2.75) is 26.7 Å². The molecule has 0 aliphatic carbocycles. The van der Waals surface area contributed by atoms with E-state index in [4.69, 9.17) is 15.9 Å². The van der Waals surface area contributed by atoms with Crippen LogP contribution >= 0.6 is 0 Å². The molecule has 30 heavy (non-hydrogen) atoms. The lowest BCUT2D eigenvalue weighted by molar-refractivity contribution is -0.116. The second-order valence-corrected chi connectivity index (χ2v) is 6.79. The van der Waals surface area contributed by atoms with E-state index in [1.807, 2.05) is 13.8 Å². The Morgan fingerprint density at radius 3 is 2.40 bits per heavy atom. The van der Waals surface area contributed by atoms with Crippen LogP contribution in [0.4, 0.5) is 5.69 Å². The van der Waals surface area contributed by atoms with Crippen molar-refractivity contribution < 1.29 is 19.1 Å². The molecule has 0 aromatic heterocycles. The summed E-state index contributed by atoms with van der Waals surface area (Å²) in [6.07, 6.45) is 7.09. The molecule has 0 fully saturated rings. The summed E-state index contributed by atoms with van der Waals surface area (Å²) in [6, 6.07) is 12.0. The first-order valence-corrected chi connectivity index (χ1v) is 10.00. The molecule has 0 atom stereocenters. The number of amides is 2. The Bertz CT molecular complexity index is 918. The summed E-state index contributed by atoms with van der Waals surface area (Å²) >= 11 is 0. The summed E-state index contributed by atoms with van der Waals surface area (Å²) in [4.78, 5) is 26.5. The number of carbonyl (C=O) groups is 2. The number of ether oxygens (including phenoxy) is 2. The Kier molecular flexibility index (Phi) is 8.76. The number of nitrogens with one attached hydrogen (secondary N) is 1. The summed E-state index contributed by atoms with van der Waals surface area (Å²) in [7, 11) is 1.58. The minimum absolute atomic E-state index is 0.0989. The van der Waals surface area contributed by atoms with Crippen LogP contribution in [0.1, 0.15) is 42.6 Å². The monoisotopic (exact) mass is 408 g/mol. The molecule has 0 aliphatic rings. The highest BCUT2D eigenvalue weighted by Gasteiger charge is 2.18. The van der Waals surface area contributed by atoms with Crippen molar-refractivity contribution in [1.29, 1.82) is 0 Å².